The molecule has 0 aromatic rings. The molecule has 1 aliphatic heterocycles. The Kier molecular flexibility index (Phi) is 7.17. The van der Waals surface area contributed by atoms with Gasteiger partial charge in [-0.25, -0.2) is 0 Å². The summed E-state index contributed by atoms with van der Waals surface area (Å²) in [5.74, 6) is 0.144. The first-order valence-corrected chi connectivity index (χ1v) is 6.43. The monoisotopic (exact) mass is 228 g/mol. The van der Waals surface area contributed by atoms with E-state index in [2.05, 4.69) is 17.6 Å². The Morgan fingerprint density at radius 2 is 2.31 bits per heavy atom. The Labute approximate surface area is 98.1 Å². The van der Waals surface area contributed by atoms with Gasteiger partial charge in [0.25, 0.3) is 0 Å². The highest BCUT2D eigenvalue weighted by atomic mass is 16.5. The maximum absolute atomic E-state index is 11.6. The Balaban J connectivity index is 2.04. The highest BCUT2D eigenvalue weighted by molar-refractivity contribution is 5.81. The van der Waals surface area contributed by atoms with Crippen LogP contribution >= 0.6 is 0 Å². The van der Waals surface area contributed by atoms with Gasteiger partial charge in [0.2, 0.25) is 5.91 Å². The number of carbonyl (C=O) groups excluding carboxylic acids is 1. The number of hydrogen-bond donors (Lipinski definition) is 2. The van der Waals surface area contributed by atoms with Crippen molar-refractivity contribution in [2.75, 3.05) is 26.3 Å². The highest BCUT2D eigenvalue weighted by Gasteiger charge is 2.19. The number of amides is 1. The molecule has 1 aliphatic rings. The molecule has 0 spiro atoms. The summed E-state index contributed by atoms with van der Waals surface area (Å²) in [6.07, 6.45) is 5.44. The van der Waals surface area contributed by atoms with E-state index in [1.807, 2.05) is 0 Å². The highest BCUT2D eigenvalue weighted by Crippen LogP contribution is 2.04. The van der Waals surface area contributed by atoms with Crippen molar-refractivity contribution in [1.29, 1.82) is 0 Å². The summed E-state index contributed by atoms with van der Waals surface area (Å²) in [7, 11) is 0. The van der Waals surface area contributed by atoms with Gasteiger partial charge in [0.15, 0.2) is 0 Å². The Hall–Kier alpha value is -0.610. The smallest absolute Gasteiger partial charge is 0.237 e. The van der Waals surface area contributed by atoms with E-state index in [0.29, 0.717) is 6.61 Å². The average Bonchev–Trinajstić information content (AvgIpc) is 2.49. The lowest BCUT2D eigenvalue weighted by Gasteiger charge is -2.14. The lowest BCUT2D eigenvalue weighted by atomic mass is 10.1. The third kappa shape index (κ3) is 5.47. The van der Waals surface area contributed by atoms with Gasteiger partial charge >= 0.3 is 0 Å². The van der Waals surface area contributed by atoms with Crippen LogP contribution in [0.4, 0.5) is 0 Å². The van der Waals surface area contributed by atoms with Gasteiger partial charge in [-0.05, 0) is 25.7 Å². The zero-order chi connectivity index (χ0) is 11.6. The number of rotatable bonds is 7. The van der Waals surface area contributed by atoms with Crippen molar-refractivity contribution in [3.8, 4) is 0 Å². The van der Waals surface area contributed by atoms with E-state index in [1.165, 1.54) is 6.42 Å². The fraction of sp³-hybridized carbons (Fsp3) is 0.917. The molecule has 0 bridgehead atoms. The summed E-state index contributed by atoms with van der Waals surface area (Å²) >= 11 is 0. The Morgan fingerprint density at radius 3 is 3.12 bits per heavy atom. The molecule has 94 valence electrons. The minimum atomic E-state index is -0.0164. The van der Waals surface area contributed by atoms with Gasteiger partial charge in [-0.2, -0.15) is 0 Å². The van der Waals surface area contributed by atoms with Gasteiger partial charge in [0.1, 0.15) is 0 Å². The number of unbranched alkanes of at least 4 members (excludes halogenated alkanes) is 1. The molecule has 1 atom stereocenters. The van der Waals surface area contributed by atoms with E-state index in [0.717, 1.165) is 45.4 Å². The van der Waals surface area contributed by atoms with Gasteiger partial charge in [-0.3, -0.25) is 4.79 Å². The van der Waals surface area contributed by atoms with Crippen molar-refractivity contribution < 1.29 is 9.53 Å². The summed E-state index contributed by atoms with van der Waals surface area (Å²) in [5.41, 5.74) is 0. The molecule has 0 radical (unpaired) electrons. The molecule has 1 unspecified atom stereocenters. The summed E-state index contributed by atoms with van der Waals surface area (Å²) in [6, 6.07) is -0.0164. The minimum Gasteiger partial charge on any atom is -0.380 e. The Morgan fingerprint density at radius 1 is 1.44 bits per heavy atom. The fourth-order valence-corrected chi connectivity index (χ4v) is 1.79. The van der Waals surface area contributed by atoms with Crippen LogP contribution in [-0.2, 0) is 9.53 Å². The lowest BCUT2D eigenvalue weighted by Crippen LogP contribution is -2.43. The summed E-state index contributed by atoms with van der Waals surface area (Å²) in [5, 5.41) is 6.16. The number of nitrogens with one attached hydrogen (secondary N) is 2. The van der Waals surface area contributed by atoms with E-state index in [4.69, 9.17) is 4.74 Å². The zero-order valence-electron chi connectivity index (χ0n) is 10.3. The second-order valence-corrected chi connectivity index (χ2v) is 4.26. The maximum atomic E-state index is 11.6. The van der Waals surface area contributed by atoms with Crippen LogP contribution in [0.15, 0.2) is 0 Å². The molecule has 1 heterocycles. The summed E-state index contributed by atoms with van der Waals surface area (Å²) < 4.78 is 5.44. The largest absolute Gasteiger partial charge is 0.380 e. The summed E-state index contributed by atoms with van der Waals surface area (Å²) in [4.78, 5) is 11.6. The normalized spacial score (nSPS) is 21.6. The molecule has 1 amide bonds. The minimum absolute atomic E-state index is 0.0164. The molecule has 1 fully saturated rings. The summed E-state index contributed by atoms with van der Waals surface area (Å²) in [6.45, 7) is 5.27. The molecule has 2 N–H and O–H groups in total. The van der Waals surface area contributed by atoms with E-state index in [-0.39, 0.29) is 11.9 Å². The third-order valence-electron chi connectivity index (χ3n) is 2.81. The lowest BCUT2D eigenvalue weighted by molar-refractivity contribution is -0.122. The van der Waals surface area contributed by atoms with Gasteiger partial charge in [-0.1, -0.05) is 13.3 Å². The molecule has 0 saturated carbocycles. The first kappa shape index (κ1) is 13.5. The standard InChI is InChI=1S/C12H24N2O2/c1-2-3-9-16-10-8-13-11-6-4-5-7-14-12(11)15/h11,13H,2-10H2,1H3,(H,14,15). The molecule has 0 aromatic carbocycles. The quantitative estimate of drug-likeness (QED) is 0.641. The second kappa shape index (κ2) is 8.53. The molecule has 1 saturated heterocycles. The van der Waals surface area contributed by atoms with Crippen LogP contribution in [0.5, 0.6) is 0 Å². The van der Waals surface area contributed by atoms with E-state index >= 15 is 0 Å². The van der Waals surface area contributed by atoms with Gasteiger partial charge in [0.05, 0.1) is 12.6 Å². The van der Waals surface area contributed by atoms with Crippen molar-refractivity contribution in [2.24, 2.45) is 0 Å². The van der Waals surface area contributed by atoms with E-state index in [1.54, 1.807) is 0 Å². The van der Waals surface area contributed by atoms with Crippen LogP contribution < -0.4 is 10.6 Å². The van der Waals surface area contributed by atoms with Crippen LogP contribution in [0.1, 0.15) is 39.0 Å². The van der Waals surface area contributed by atoms with Crippen LogP contribution in [0, 0.1) is 0 Å². The van der Waals surface area contributed by atoms with Gasteiger partial charge in [0, 0.05) is 19.7 Å². The number of carbonyl (C=O) groups is 1. The van der Waals surface area contributed by atoms with E-state index in [9.17, 15) is 4.79 Å². The first-order chi connectivity index (χ1) is 7.84. The van der Waals surface area contributed by atoms with E-state index < -0.39 is 0 Å². The van der Waals surface area contributed by atoms with Crippen LogP contribution in [-0.4, -0.2) is 38.3 Å². The van der Waals surface area contributed by atoms with Crippen LogP contribution in [0.25, 0.3) is 0 Å². The number of ether oxygens (including phenoxy) is 1. The van der Waals surface area contributed by atoms with Crippen molar-refractivity contribution in [2.45, 2.75) is 45.1 Å². The zero-order valence-corrected chi connectivity index (χ0v) is 10.3. The Bertz CT molecular complexity index is 197. The van der Waals surface area contributed by atoms with Crippen molar-refractivity contribution in [3.05, 3.63) is 0 Å². The van der Waals surface area contributed by atoms with Crippen molar-refractivity contribution >= 4 is 5.91 Å². The molecule has 1 rings (SSSR count). The molecule has 4 nitrogen and oxygen atoms in total. The topological polar surface area (TPSA) is 50.4 Å². The van der Waals surface area contributed by atoms with Crippen molar-refractivity contribution in [1.82, 2.24) is 10.6 Å². The van der Waals surface area contributed by atoms with Crippen molar-refractivity contribution in [3.63, 3.8) is 0 Å². The molecule has 0 aliphatic carbocycles. The fourth-order valence-electron chi connectivity index (χ4n) is 1.79. The second-order valence-electron chi connectivity index (χ2n) is 4.26. The first-order valence-electron chi connectivity index (χ1n) is 6.43. The molecular formula is C12H24N2O2. The SMILES string of the molecule is CCCCOCCNC1CCCCNC1=O. The van der Waals surface area contributed by atoms with Crippen LogP contribution in [0.2, 0.25) is 0 Å². The average molecular weight is 228 g/mol. The molecule has 0 aromatic heterocycles. The molecular weight excluding hydrogens is 204 g/mol. The maximum Gasteiger partial charge on any atom is 0.237 e. The molecule has 4 heteroatoms. The van der Waals surface area contributed by atoms with Gasteiger partial charge < -0.3 is 15.4 Å². The molecule has 16 heavy (non-hydrogen) atoms. The predicted octanol–water partition coefficient (Wildman–Crippen LogP) is 1.06. The van der Waals surface area contributed by atoms with Crippen LogP contribution in [0.3, 0.4) is 0 Å². The van der Waals surface area contributed by atoms with Gasteiger partial charge in [-0.15, -0.1) is 0 Å². The predicted molar refractivity (Wildman–Crippen MR) is 64.4 cm³/mol. The third-order valence-corrected chi connectivity index (χ3v) is 2.81. The number of hydrogen-bond acceptors (Lipinski definition) is 3.